The zero-order valence-corrected chi connectivity index (χ0v) is 70.7. The Morgan fingerprint density at radius 3 is 0.909 bits per heavy atom. The number of benzene rings is 18. The normalized spacial score (nSPS) is 12.0. The summed E-state index contributed by atoms with van der Waals surface area (Å²) in [6, 6.07) is 110. The monoisotopic (exact) mass is 1600 g/mol. The Kier molecular flexibility index (Phi) is 17.8. The van der Waals surface area contributed by atoms with E-state index in [1.165, 1.54) is 187 Å². The fourth-order valence-electron chi connectivity index (χ4n) is 18.5. The fourth-order valence-corrected chi connectivity index (χ4v) is 21.8. The van der Waals surface area contributed by atoms with Crippen molar-refractivity contribution in [3.05, 3.63) is 362 Å². The van der Waals surface area contributed by atoms with Gasteiger partial charge in [-0.25, -0.2) is 0 Å². The first-order chi connectivity index (χ1) is 59.1. The van der Waals surface area contributed by atoms with E-state index in [1.807, 2.05) is 34.0 Å². The van der Waals surface area contributed by atoms with Crippen molar-refractivity contribution in [1.29, 1.82) is 0 Å². The van der Waals surface area contributed by atoms with Gasteiger partial charge in [0.2, 0.25) is 0 Å². The van der Waals surface area contributed by atoms with Gasteiger partial charge in [-0.3, -0.25) is 29.9 Å². The largest absolute Gasteiger partial charge is 0.252 e. The number of hydrogen-bond acceptors (Lipinski definition) is 9. The van der Waals surface area contributed by atoms with Gasteiger partial charge in [0.25, 0.3) is 0 Å². The maximum absolute atomic E-state index is 4.72. The van der Waals surface area contributed by atoms with Gasteiger partial charge in [-0.05, 0) is 257 Å². The predicted molar refractivity (Wildman–Crippen MR) is 522 cm³/mol. The molecule has 0 saturated carbocycles. The van der Waals surface area contributed by atoms with Gasteiger partial charge in [-0.2, -0.15) is 0 Å². The van der Waals surface area contributed by atoms with Crippen LogP contribution in [0.3, 0.4) is 0 Å². The highest BCUT2D eigenvalue weighted by molar-refractivity contribution is 7.26. The van der Waals surface area contributed by atoms with Crippen LogP contribution in [0.4, 0.5) is 0 Å². The van der Waals surface area contributed by atoms with E-state index in [-0.39, 0.29) is 5.41 Å². The molecule has 0 aliphatic heterocycles. The molecule has 6 aromatic heterocycles. The summed E-state index contributed by atoms with van der Waals surface area (Å²) in [7, 11) is 0. The Morgan fingerprint density at radius 2 is 0.521 bits per heavy atom. The van der Waals surface area contributed by atoms with E-state index in [1.54, 1.807) is 37.2 Å². The summed E-state index contributed by atoms with van der Waals surface area (Å²) in [4.78, 5) is 28.2. The summed E-state index contributed by atoms with van der Waals surface area (Å²) < 4.78 is 8.16. The highest BCUT2D eigenvalue weighted by Gasteiger charge is 2.21. The first-order valence-corrected chi connectivity index (χ1v) is 43.9. The van der Waals surface area contributed by atoms with Gasteiger partial charge < -0.3 is 0 Å². The van der Waals surface area contributed by atoms with Crippen molar-refractivity contribution in [3.8, 4) is 66.8 Å². The number of nitrogens with zero attached hydrogens (tertiary/aromatic N) is 6. The summed E-state index contributed by atoms with van der Waals surface area (Å²) in [6.07, 6.45) is 10.7. The van der Waals surface area contributed by atoms with Gasteiger partial charge in [0.15, 0.2) is 0 Å². The van der Waals surface area contributed by atoms with Crippen molar-refractivity contribution < 1.29 is 0 Å². The first-order valence-electron chi connectivity index (χ1n) is 41.5. The fraction of sp³-hybridized carbons (Fsp3) is 0.0893. The molecule has 0 radical (unpaired) electrons. The van der Waals surface area contributed by atoms with Crippen LogP contribution in [0, 0.1) is 20.8 Å². The van der Waals surface area contributed by atoms with E-state index in [2.05, 4.69) is 368 Å². The number of aromatic nitrogens is 6. The van der Waals surface area contributed by atoms with Gasteiger partial charge in [0.05, 0.1) is 33.1 Å². The predicted octanol–water partition coefficient (Wildman–Crippen LogP) is 32.3. The zero-order chi connectivity index (χ0) is 81.5. The van der Waals surface area contributed by atoms with Crippen molar-refractivity contribution in [3.63, 3.8) is 0 Å². The SMILES string of the molecule is CC(C)(C)c1ccc2sc3ccc(-c4cccc(-c5ccc6c(c5)c5ccccc5c5nccnc65)c4)cc3c2c1.CC(C)c1ccc2sc3ccc(-c4cccc(-c5ccc6c(c5)c5ccccc5c5nccnc65)c4)cc3c2c1.Cc1cc(C)c2sc3c(C)cc(-c4cccc(-c5ccc6c(c5)c5ccccc5c5nccnc65)c4)cc3c2c1. The van der Waals surface area contributed by atoms with Crippen molar-refractivity contribution in [1.82, 2.24) is 29.9 Å². The molecule has 0 atom stereocenters. The van der Waals surface area contributed by atoms with Crippen molar-refractivity contribution in [2.24, 2.45) is 0 Å². The molecule has 0 fully saturated rings. The van der Waals surface area contributed by atoms with Crippen LogP contribution in [0.1, 0.15) is 68.4 Å². The van der Waals surface area contributed by atoms with Gasteiger partial charge in [0.1, 0.15) is 0 Å². The lowest BCUT2D eigenvalue weighted by atomic mass is 9.86. The molecule has 0 saturated heterocycles. The molecule has 0 amide bonds. The van der Waals surface area contributed by atoms with Crippen LogP contribution in [0.2, 0.25) is 0 Å². The Labute approximate surface area is 712 Å². The third-order valence-corrected chi connectivity index (χ3v) is 28.4. The average Bonchev–Trinajstić information content (AvgIpc) is 1.74. The number of hydrogen-bond donors (Lipinski definition) is 0. The molecule has 24 aromatic rings. The Balaban J connectivity index is 0.000000109. The summed E-state index contributed by atoms with van der Waals surface area (Å²) in [6.45, 7) is 18.0. The van der Waals surface area contributed by atoms with Crippen molar-refractivity contribution in [2.45, 2.75) is 66.7 Å². The molecule has 9 heteroatoms. The third-order valence-electron chi connectivity index (χ3n) is 24.6. The maximum Gasteiger partial charge on any atom is 0.0971 e. The summed E-state index contributed by atoms with van der Waals surface area (Å²) in [5, 5.41) is 22.2. The van der Waals surface area contributed by atoms with Crippen molar-refractivity contribution >= 4 is 192 Å². The molecule has 0 spiro atoms. The third kappa shape index (κ3) is 12.9. The van der Waals surface area contributed by atoms with Crippen LogP contribution in [-0.2, 0) is 5.41 Å². The quantitative estimate of drug-likeness (QED) is 0.148. The van der Waals surface area contributed by atoms with Crippen molar-refractivity contribution in [2.75, 3.05) is 0 Å². The molecule has 0 unspecified atom stereocenters. The topological polar surface area (TPSA) is 77.3 Å². The van der Waals surface area contributed by atoms with Gasteiger partial charge >= 0.3 is 0 Å². The second-order valence-corrected chi connectivity index (χ2v) is 36.8. The highest BCUT2D eigenvalue weighted by atomic mass is 32.1. The molecule has 0 N–H and O–H groups in total. The molecule has 576 valence electrons. The minimum Gasteiger partial charge on any atom is -0.252 e. The summed E-state index contributed by atoms with van der Waals surface area (Å²) in [5.41, 5.74) is 27.3. The second-order valence-electron chi connectivity index (χ2n) is 33.6. The van der Waals surface area contributed by atoms with E-state index < -0.39 is 0 Å². The van der Waals surface area contributed by atoms with Crippen LogP contribution in [0.15, 0.2) is 334 Å². The number of thiophene rings is 3. The molecule has 24 rings (SSSR count). The lowest BCUT2D eigenvalue weighted by Crippen LogP contribution is -2.10. The minimum absolute atomic E-state index is 0.123. The van der Waals surface area contributed by atoms with Gasteiger partial charge in [-0.1, -0.05) is 234 Å². The first kappa shape index (κ1) is 73.6. The molecule has 121 heavy (non-hydrogen) atoms. The molecule has 0 bridgehead atoms. The number of fused-ring (bicyclic) bond motifs is 27. The summed E-state index contributed by atoms with van der Waals surface area (Å²) >= 11 is 5.68. The Bertz CT molecular complexity index is 8320. The number of rotatable bonds is 7. The summed E-state index contributed by atoms with van der Waals surface area (Å²) in [5.74, 6) is 0.517. The van der Waals surface area contributed by atoms with E-state index in [9.17, 15) is 0 Å². The lowest BCUT2D eigenvalue weighted by Gasteiger charge is -2.18. The highest BCUT2D eigenvalue weighted by Crippen LogP contribution is 2.47. The Hall–Kier alpha value is -13.8. The van der Waals surface area contributed by atoms with E-state index >= 15 is 0 Å². The van der Waals surface area contributed by atoms with E-state index in [0.717, 1.165) is 65.4 Å². The second kappa shape index (κ2) is 29.3. The lowest BCUT2D eigenvalue weighted by molar-refractivity contribution is 0.591. The molecule has 0 aliphatic rings. The van der Waals surface area contributed by atoms with Crippen LogP contribution < -0.4 is 0 Å². The van der Waals surface area contributed by atoms with Crippen LogP contribution >= 0.6 is 34.0 Å². The van der Waals surface area contributed by atoms with Gasteiger partial charge in [-0.15, -0.1) is 34.0 Å². The standard InChI is InChI=1S/C38H28N2S.2C37H26N2S/c1-38(2,3)27-13-16-35-33(22-27)32-21-26(12-15-34(32)41-35)24-8-6-7-23(19-24)25-11-14-30-31(20-25)28-9-4-5-10-29(28)36-37(30)40-18-17-39-36;1-21-15-22(2)36-32(16-21)33-20-27(17-23(3)37(33)40-36)25-8-6-7-24(18-25)26-11-12-30-31(19-26)28-9-4-5-10-29(28)34-35(30)39-14-13-38-34;1-22(2)23-11-14-34-32(19-23)33-21-27(12-15-35(33)40-34)25-7-5-6-24(18-25)26-10-13-30-31(20-26)28-8-3-4-9-29(28)36-37(30)39-17-16-38-36/h4-22H,1-3H3;4-20H,1-3H3;3-22H,1-2H3. The average molecular weight is 1610 g/mol. The molecular weight excluding hydrogens is 1530 g/mol. The molecular formula is C112H80N6S3. The number of aryl methyl sites for hydroxylation is 3. The van der Waals surface area contributed by atoms with Gasteiger partial charge in [0, 0.05) is 130 Å². The Morgan fingerprint density at radius 1 is 0.223 bits per heavy atom. The minimum atomic E-state index is 0.123. The smallest absolute Gasteiger partial charge is 0.0971 e. The maximum atomic E-state index is 4.72. The van der Waals surface area contributed by atoms with E-state index in [4.69, 9.17) is 15.0 Å². The van der Waals surface area contributed by atoms with Crippen LogP contribution in [0.5, 0.6) is 0 Å². The van der Waals surface area contributed by atoms with E-state index in [0.29, 0.717) is 5.92 Å². The molecule has 6 heterocycles. The zero-order valence-electron chi connectivity index (χ0n) is 68.2. The van der Waals surface area contributed by atoms with Crippen LogP contribution in [0.25, 0.3) is 225 Å². The molecule has 6 nitrogen and oxygen atoms in total. The van der Waals surface area contributed by atoms with Crippen LogP contribution in [-0.4, -0.2) is 29.9 Å². The molecule has 0 aliphatic carbocycles. The molecule has 18 aromatic carbocycles.